The van der Waals surface area contributed by atoms with Gasteiger partial charge in [0.05, 0.1) is 28.0 Å². The number of fused-ring (bicyclic) bond motifs is 2. The third-order valence-electron chi connectivity index (χ3n) is 7.58. The van der Waals surface area contributed by atoms with Crippen molar-refractivity contribution >= 4 is 16.1 Å². The highest BCUT2D eigenvalue weighted by Gasteiger charge is 2.51. The minimum absolute atomic E-state index is 0.0441. The standard InChI is InChI=1S/C27H22F4N4O4S/c28-20-3-5-21(6-4-20)35-24-11-19-9-10-34(40(37,38)22-7-1-18(2-8-22)27(29,30)31)15-26(19,12-17(24)13-33-35)25(36)23-14-39-16-32-23/h1-8,11,13-14,16,25,36H,9-10,12,15H2/t25-,26?/m1/s1. The van der Waals surface area contributed by atoms with Gasteiger partial charge in [-0.15, -0.1) is 0 Å². The van der Waals surface area contributed by atoms with Crippen molar-refractivity contribution in [3.05, 3.63) is 101 Å². The zero-order valence-corrected chi connectivity index (χ0v) is 21.5. The van der Waals surface area contributed by atoms with E-state index in [1.165, 1.54) is 29.1 Å². The lowest BCUT2D eigenvalue weighted by Gasteiger charge is -2.48. The number of nitrogens with zero attached hydrogens (tertiary/aromatic N) is 4. The average molecular weight is 575 g/mol. The van der Waals surface area contributed by atoms with Crippen molar-refractivity contribution in [2.45, 2.75) is 30.0 Å². The number of hydrogen-bond donors (Lipinski definition) is 1. The van der Waals surface area contributed by atoms with Crippen LogP contribution in [0.1, 0.15) is 35.0 Å². The molecule has 2 aromatic heterocycles. The maximum absolute atomic E-state index is 13.6. The summed E-state index contributed by atoms with van der Waals surface area (Å²) in [7, 11) is -4.21. The number of sulfonamides is 1. The number of benzene rings is 2. The van der Waals surface area contributed by atoms with E-state index in [1.807, 2.05) is 6.08 Å². The SMILES string of the molecule is O=S(=O)(c1ccc(C(F)(F)F)cc1)N1CCC2=Cc3c(cnn3-c3ccc(F)cc3)CC2([C@H](O)c2cocn2)C1. The smallest absolute Gasteiger partial charge is 0.416 e. The second kappa shape index (κ2) is 9.39. The molecule has 4 aromatic rings. The van der Waals surface area contributed by atoms with Crippen molar-refractivity contribution in [3.63, 3.8) is 0 Å². The summed E-state index contributed by atoms with van der Waals surface area (Å²) in [4.78, 5) is 3.82. The van der Waals surface area contributed by atoms with E-state index in [1.54, 1.807) is 23.0 Å². The zero-order chi connectivity index (χ0) is 28.3. The minimum Gasteiger partial charge on any atom is -0.451 e. The fourth-order valence-corrected chi connectivity index (χ4v) is 7.03. The van der Waals surface area contributed by atoms with Crippen LogP contribution >= 0.6 is 0 Å². The zero-order valence-electron chi connectivity index (χ0n) is 20.7. The predicted octanol–water partition coefficient (Wildman–Crippen LogP) is 4.77. The summed E-state index contributed by atoms with van der Waals surface area (Å²) in [5, 5.41) is 16.1. The highest BCUT2D eigenvalue weighted by atomic mass is 32.2. The topological polar surface area (TPSA) is 101 Å². The molecule has 3 heterocycles. The van der Waals surface area contributed by atoms with Crippen molar-refractivity contribution in [1.29, 1.82) is 0 Å². The van der Waals surface area contributed by atoms with Crippen LogP contribution in [0, 0.1) is 11.2 Å². The van der Waals surface area contributed by atoms with E-state index < -0.39 is 33.3 Å². The van der Waals surface area contributed by atoms with Crippen LogP contribution in [0.3, 0.4) is 0 Å². The Balaban J connectivity index is 1.40. The first-order valence-corrected chi connectivity index (χ1v) is 13.7. The van der Waals surface area contributed by atoms with Crippen LogP contribution in [-0.2, 0) is 22.6 Å². The van der Waals surface area contributed by atoms with Crippen molar-refractivity contribution in [2.75, 3.05) is 13.1 Å². The van der Waals surface area contributed by atoms with Gasteiger partial charge in [-0.3, -0.25) is 0 Å². The van der Waals surface area contributed by atoms with Crippen LogP contribution in [-0.4, -0.2) is 45.7 Å². The van der Waals surface area contributed by atoms with Gasteiger partial charge in [0.2, 0.25) is 10.0 Å². The minimum atomic E-state index is -4.60. The van der Waals surface area contributed by atoms with Crippen LogP contribution in [0.25, 0.3) is 11.8 Å². The monoisotopic (exact) mass is 574 g/mol. The molecule has 1 N–H and O–H groups in total. The number of alkyl halides is 3. The Labute approximate surface area is 226 Å². The van der Waals surface area contributed by atoms with Crippen LogP contribution in [0.5, 0.6) is 0 Å². The number of oxazole rings is 1. The van der Waals surface area contributed by atoms with Gasteiger partial charge >= 0.3 is 6.18 Å². The Morgan fingerprint density at radius 2 is 1.80 bits per heavy atom. The molecule has 40 heavy (non-hydrogen) atoms. The molecular weight excluding hydrogens is 552 g/mol. The Morgan fingerprint density at radius 3 is 2.45 bits per heavy atom. The second-order valence-corrected chi connectivity index (χ2v) is 11.8. The number of aliphatic hydroxyl groups is 1. The molecule has 0 radical (unpaired) electrons. The van der Waals surface area contributed by atoms with E-state index in [2.05, 4.69) is 10.1 Å². The van der Waals surface area contributed by atoms with Crippen molar-refractivity contribution in [3.8, 4) is 5.69 Å². The number of aliphatic hydroxyl groups excluding tert-OH is 1. The largest absolute Gasteiger partial charge is 0.451 e. The average Bonchev–Trinajstić information content (AvgIpc) is 3.61. The number of halogens is 4. The van der Waals surface area contributed by atoms with Gasteiger partial charge in [-0.1, -0.05) is 5.57 Å². The van der Waals surface area contributed by atoms with Crippen molar-refractivity contribution in [2.24, 2.45) is 5.41 Å². The van der Waals surface area contributed by atoms with E-state index in [9.17, 15) is 31.1 Å². The maximum atomic E-state index is 13.6. The van der Waals surface area contributed by atoms with Gasteiger partial charge in [-0.2, -0.15) is 22.6 Å². The highest BCUT2D eigenvalue weighted by molar-refractivity contribution is 7.89. The summed E-state index contributed by atoms with van der Waals surface area (Å²) >= 11 is 0. The number of piperidine rings is 1. The van der Waals surface area contributed by atoms with Crippen LogP contribution in [0.15, 0.2) is 82.3 Å². The first-order chi connectivity index (χ1) is 19.0. The van der Waals surface area contributed by atoms with Crippen LogP contribution in [0.4, 0.5) is 17.6 Å². The number of aromatic nitrogens is 3. The van der Waals surface area contributed by atoms with E-state index in [-0.39, 0.29) is 42.3 Å². The van der Waals surface area contributed by atoms with E-state index in [0.717, 1.165) is 41.1 Å². The summed E-state index contributed by atoms with van der Waals surface area (Å²) in [5.41, 5.74) is 0.954. The maximum Gasteiger partial charge on any atom is 0.416 e. The van der Waals surface area contributed by atoms with Crippen LogP contribution in [0.2, 0.25) is 0 Å². The van der Waals surface area contributed by atoms with Gasteiger partial charge in [0.15, 0.2) is 6.39 Å². The molecule has 1 unspecified atom stereocenters. The Morgan fingerprint density at radius 1 is 1.07 bits per heavy atom. The van der Waals surface area contributed by atoms with Gasteiger partial charge in [0.25, 0.3) is 0 Å². The quantitative estimate of drug-likeness (QED) is 0.345. The molecular formula is C27H22F4N4O4S. The molecule has 0 bridgehead atoms. The van der Waals surface area contributed by atoms with E-state index in [4.69, 9.17) is 4.42 Å². The molecule has 0 saturated carbocycles. The highest BCUT2D eigenvalue weighted by Crippen LogP contribution is 2.52. The summed E-state index contributed by atoms with van der Waals surface area (Å²) in [6.07, 6.45) is 0.511. The van der Waals surface area contributed by atoms with Crippen molar-refractivity contribution < 1.29 is 35.5 Å². The Hall–Kier alpha value is -3.81. The summed E-state index contributed by atoms with van der Waals surface area (Å²) in [5.74, 6) is -0.389. The normalized spacial score (nSPS) is 20.5. The first kappa shape index (κ1) is 26.4. The van der Waals surface area contributed by atoms with Gasteiger partial charge in [-0.25, -0.2) is 22.5 Å². The third kappa shape index (κ3) is 4.34. The van der Waals surface area contributed by atoms with Crippen molar-refractivity contribution in [1.82, 2.24) is 19.1 Å². The molecule has 1 saturated heterocycles. The fraction of sp³-hybridized carbons (Fsp3) is 0.259. The van der Waals surface area contributed by atoms with Gasteiger partial charge in [0, 0.05) is 18.5 Å². The molecule has 13 heteroatoms. The van der Waals surface area contributed by atoms with Gasteiger partial charge in [0.1, 0.15) is 23.9 Å². The molecule has 1 aliphatic carbocycles. The molecule has 6 rings (SSSR count). The summed E-state index contributed by atoms with van der Waals surface area (Å²) in [6.45, 7) is -0.111. The number of hydrogen-bond acceptors (Lipinski definition) is 6. The van der Waals surface area contributed by atoms with E-state index in [0.29, 0.717) is 5.69 Å². The van der Waals surface area contributed by atoms with Gasteiger partial charge in [-0.05, 0) is 73.0 Å². The number of rotatable bonds is 5. The fourth-order valence-electron chi connectivity index (χ4n) is 5.52. The van der Waals surface area contributed by atoms with E-state index >= 15 is 0 Å². The van der Waals surface area contributed by atoms with Gasteiger partial charge < -0.3 is 9.52 Å². The first-order valence-electron chi connectivity index (χ1n) is 12.3. The predicted molar refractivity (Wildman–Crippen MR) is 134 cm³/mol. The lowest BCUT2D eigenvalue weighted by molar-refractivity contribution is -0.137. The second-order valence-electron chi connectivity index (χ2n) is 9.87. The molecule has 8 nitrogen and oxygen atoms in total. The molecule has 2 aliphatic rings. The van der Waals surface area contributed by atoms with Crippen LogP contribution < -0.4 is 0 Å². The molecule has 1 aliphatic heterocycles. The summed E-state index contributed by atoms with van der Waals surface area (Å²) < 4.78 is 87.8. The molecule has 2 atom stereocenters. The Kier molecular flexibility index (Phi) is 6.20. The Bertz CT molecular complexity index is 1680. The third-order valence-corrected chi connectivity index (χ3v) is 9.44. The molecule has 1 fully saturated rings. The summed E-state index contributed by atoms with van der Waals surface area (Å²) in [6, 6.07) is 9.17. The molecule has 0 spiro atoms. The lowest BCUT2D eigenvalue weighted by Crippen LogP contribution is -2.52. The lowest BCUT2D eigenvalue weighted by atomic mass is 9.65. The molecule has 0 amide bonds. The molecule has 2 aromatic carbocycles. The molecule has 208 valence electrons.